The summed E-state index contributed by atoms with van der Waals surface area (Å²) >= 11 is 2.00. The summed E-state index contributed by atoms with van der Waals surface area (Å²) in [5.41, 5.74) is 2.15. The Morgan fingerprint density at radius 2 is 2.04 bits per heavy atom. The number of carboxylic acid groups (broad SMARTS) is 1. The third-order valence-electron chi connectivity index (χ3n) is 5.93. The first kappa shape index (κ1) is 18.3. The number of amides is 1. The highest BCUT2D eigenvalue weighted by Crippen LogP contribution is 2.52. The van der Waals surface area contributed by atoms with Crippen LogP contribution in [0.25, 0.3) is 0 Å². The number of hydrogen-bond acceptors (Lipinski definition) is 4. The molecule has 2 aromatic rings. The molecule has 1 aliphatic heterocycles. The van der Waals surface area contributed by atoms with Crippen LogP contribution in [-0.4, -0.2) is 33.8 Å². The van der Waals surface area contributed by atoms with Crippen LogP contribution in [0.5, 0.6) is 0 Å². The third-order valence-corrected chi connectivity index (χ3v) is 6.67. The Morgan fingerprint density at radius 1 is 1.33 bits per heavy atom. The van der Waals surface area contributed by atoms with E-state index in [1.54, 1.807) is 17.8 Å². The average molecular weight is 480 g/mol. The van der Waals surface area contributed by atoms with Crippen molar-refractivity contribution in [3.63, 3.8) is 0 Å². The van der Waals surface area contributed by atoms with Gasteiger partial charge in [0.1, 0.15) is 0 Å². The van der Waals surface area contributed by atoms with Gasteiger partial charge in [-0.15, -0.1) is 0 Å². The summed E-state index contributed by atoms with van der Waals surface area (Å²) in [5.74, 6) is 0.675. The van der Waals surface area contributed by atoms with E-state index in [9.17, 15) is 14.7 Å². The van der Waals surface area contributed by atoms with E-state index < -0.39 is 6.09 Å². The fourth-order valence-corrected chi connectivity index (χ4v) is 5.06. The summed E-state index contributed by atoms with van der Waals surface area (Å²) in [6.45, 7) is 1.49. The highest BCUT2D eigenvalue weighted by Gasteiger charge is 2.48. The van der Waals surface area contributed by atoms with Gasteiger partial charge in [0.15, 0.2) is 0 Å². The van der Waals surface area contributed by atoms with E-state index >= 15 is 0 Å². The van der Waals surface area contributed by atoms with Gasteiger partial charge in [0, 0.05) is 31.7 Å². The van der Waals surface area contributed by atoms with E-state index in [1.807, 2.05) is 40.8 Å². The second-order valence-electron chi connectivity index (χ2n) is 7.38. The fourth-order valence-electron chi connectivity index (χ4n) is 4.56. The number of anilines is 1. The Labute approximate surface area is 170 Å². The minimum atomic E-state index is -0.986. The Morgan fingerprint density at radius 3 is 2.74 bits per heavy atom. The lowest BCUT2D eigenvalue weighted by Crippen LogP contribution is -2.48. The predicted molar refractivity (Wildman–Crippen MR) is 110 cm³/mol. The van der Waals surface area contributed by atoms with Crippen LogP contribution in [0.15, 0.2) is 35.3 Å². The van der Waals surface area contributed by atoms with Crippen molar-refractivity contribution in [2.45, 2.75) is 25.3 Å². The highest BCUT2D eigenvalue weighted by molar-refractivity contribution is 14.1. The zero-order chi connectivity index (χ0) is 19.2. The maximum atomic E-state index is 12.2. The van der Waals surface area contributed by atoms with Crippen LogP contribution in [-0.2, 0) is 13.5 Å². The molecule has 0 saturated carbocycles. The standard InChI is InChI=1S/C19H21IN4O3/c1-23-16(25)14(20)11-21-17(23)24-8-6-19(7-9-24)10-12-4-2-3-5-13(12)15(19)22-18(26)27/h2-5,11,15,22H,6-10H2,1H3,(H,26,27). The molecule has 1 spiro atoms. The predicted octanol–water partition coefficient (Wildman–Crippen LogP) is 2.54. The van der Waals surface area contributed by atoms with Crippen molar-refractivity contribution >= 4 is 34.6 Å². The van der Waals surface area contributed by atoms with Crippen LogP contribution in [0.2, 0.25) is 0 Å². The van der Waals surface area contributed by atoms with Gasteiger partial charge < -0.3 is 15.3 Å². The molecule has 0 radical (unpaired) electrons. The summed E-state index contributed by atoms with van der Waals surface area (Å²) in [6.07, 6.45) is 3.19. The molecule has 2 N–H and O–H groups in total. The van der Waals surface area contributed by atoms with Gasteiger partial charge in [-0.25, -0.2) is 9.78 Å². The number of carbonyl (C=O) groups is 1. The molecular formula is C19H21IN4O3. The van der Waals surface area contributed by atoms with Crippen LogP contribution < -0.4 is 15.8 Å². The first-order valence-corrected chi connectivity index (χ1v) is 10.0. The lowest BCUT2D eigenvalue weighted by atomic mass is 9.73. The highest BCUT2D eigenvalue weighted by atomic mass is 127. The van der Waals surface area contributed by atoms with Crippen LogP contribution in [0.1, 0.15) is 30.0 Å². The van der Waals surface area contributed by atoms with Crippen molar-refractivity contribution in [1.29, 1.82) is 0 Å². The Balaban J connectivity index is 1.60. The molecule has 1 aromatic heterocycles. The van der Waals surface area contributed by atoms with Crippen molar-refractivity contribution in [2.75, 3.05) is 18.0 Å². The van der Waals surface area contributed by atoms with E-state index in [0.717, 1.165) is 37.9 Å². The van der Waals surface area contributed by atoms with Crippen LogP contribution in [0.4, 0.5) is 10.7 Å². The summed E-state index contributed by atoms with van der Waals surface area (Å²) in [4.78, 5) is 30.2. The van der Waals surface area contributed by atoms with E-state index in [4.69, 9.17) is 0 Å². The molecule has 4 rings (SSSR count). The minimum Gasteiger partial charge on any atom is -0.465 e. The first-order chi connectivity index (χ1) is 12.9. The van der Waals surface area contributed by atoms with Gasteiger partial charge >= 0.3 is 6.09 Å². The zero-order valence-corrected chi connectivity index (χ0v) is 17.1. The topological polar surface area (TPSA) is 87.5 Å². The Kier molecular flexibility index (Phi) is 4.61. The number of aromatic nitrogens is 2. The van der Waals surface area contributed by atoms with E-state index in [1.165, 1.54) is 5.56 Å². The van der Waals surface area contributed by atoms with Crippen LogP contribution in [0.3, 0.4) is 0 Å². The molecule has 1 fully saturated rings. The molecule has 1 atom stereocenters. The normalized spacial score (nSPS) is 20.5. The molecule has 0 bridgehead atoms. The number of nitrogens with zero attached hydrogens (tertiary/aromatic N) is 3. The third kappa shape index (κ3) is 3.09. The number of benzene rings is 1. The largest absolute Gasteiger partial charge is 0.465 e. The molecule has 2 heterocycles. The van der Waals surface area contributed by atoms with Gasteiger partial charge in [0.25, 0.3) is 5.56 Å². The van der Waals surface area contributed by atoms with E-state index in [0.29, 0.717) is 9.52 Å². The smallest absolute Gasteiger partial charge is 0.405 e. The maximum absolute atomic E-state index is 12.2. The molecule has 142 valence electrons. The summed E-state index contributed by atoms with van der Waals surface area (Å²) < 4.78 is 2.19. The molecule has 2 aliphatic rings. The fraction of sp³-hybridized carbons (Fsp3) is 0.421. The quantitative estimate of drug-likeness (QED) is 0.646. The van der Waals surface area contributed by atoms with E-state index in [-0.39, 0.29) is 17.0 Å². The molecule has 1 aliphatic carbocycles. The number of halogens is 1. The van der Waals surface area contributed by atoms with Gasteiger partial charge in [0.2, 0.25) is 5.95 Å². The number of fused-ring (bicyclic) bond motifs is 1. The van der Waals surface area contributed by atoms with Crippen LogP contribution in [0, 0.1) is 8.99 Å². The van der Waals surface area contributed by atoms with Crippen molar-refractivity contribution in [3.05, 3.63) is 55.5 Å². The lowest BCUT2D eigenvalue weighted by molar-refractivity contribution is 0.141. The second-order valence-corrected chi connectivity index (χ2v) is 8.54. The van der Waals surface area contributed by atoms with Gasteiger partial charge in [0.05, 0.1) is 9.61 Å². The minimum absolute atomic E-state index is 0.0421. The summed E-state index contributed by atoms with van der Waals surface area (Å²) in [7, 11) is 1.75. The monoisotopic (exact) mass is 480 g/mol. The molecule has 1 aromatic carbocycles. The maximum Gasteiger partial charge on any atom is 0.405 e. The van der Waals surface area contributed by atoms with Gasteiger partial charge in [-0.3, -0.25) is 9.36 Å². The Bertz CT molecular complexity index is 950. The molecule has 1 saturated heterocycles. The van der Waals surface area contributed by atoms with Crippen molar-refractivity contribution < 1.29 is 9.90 Å². The molecular weight excluding hydrogens is 459 g/mol. The summed E-state index contributed by atoms with van der Waals surface area (Å²) in [5, 5.41) is 12.1. The number of piperidine rings is 1. The Hall–Kier alpha value is -2.10. The average Bonchev–Trinajstić information content (AvgIpc) is 2.94. The number of rotatable bonds is 2. The molecule has 7 nitrogen and oxygen atoms in total. The SMILES string of the molecule is Cn1c(N2CCC3(CC2)Cc2ccccc2C3NC(=O)O)ncc(I)c1=O. The number of hydrogen-bond donors (Lipinski definition) is 2. The zero-order valence-electron chi connectivity index (χ0n) is 15.0. The van der Waals surface area contributed by atoms with Gasteiger partial charge in [-0.1, -0.05) is 24.3 Å². The molecule has 1 amide bonds. The van der Waals surface area contributed by atoms with E-state index in [2.05, 4.69) is 21.3 Å². The van der Waals surface area contributed by atoms with Crippen LogP contribution >= 0.6 is 22.6 Å². The lowest BCUT2D eigenvalue weighted by Gasteiger charge is -2.43. The van der Waals surface area contributed by atoms with Gasteiger partial charge in [-0.05, 0) is 53.0 Å². The molecule has 1 unspecified atom stereocenters. The van der Waals surface area contributed by atoms with Gasteiger partial charge in [-0.2, -0.15) is 0 Å². The summed E-state index contributed by atoms with van der Waals surface area (Å²) in [6, 6.07) is 7.91. The second kappa shape index (κ2) is 6.81. The molecule has 27 heavy (non-hydrogen) atoms. The number of nitrogens with one attached hydrogen (secondary N) is 1. The first-order valence-electron chi connectivity index (χ1n) is 8.95. The van der Waals surface area contributed by atoms with Crippen molar-refractivity contribution in [2.24, 2.45) is 12.5 Å². The van der Waals surface area contributed by atoms with Crippen molar-refractivity contribution in [3.8, 4) is 0 Å². The molecule has 8 heteroatoms. The van der Waals surface area contributed by atoms with Crippen molar-refractivity contribution in [1.82, 2.24) is 14.9 Å².